The number of amides is 2. The van der Waals surface area contributed by atoms with E-state index in [0.29, 0.717) is 35.7 Å². The van der Waals surface area contributed by atoms with Crippen LogP contribution in [0.5, 0.6) is 11.5 Å². The molecule has 6 nitrogen and oxygen atoms in total. The summed E-state index contributed by atoms with van der Waals surface area (Å²) in [6.07, 6.45) is 0. The Kier molecular flexibility index (Phi) is 6.19. The van der Waals surface area contributed by atoms with Crippen LogP contribution in [-0.2, 0) is 0 Å². The lowest BCUT2D eigenvalue weighted by Crippen LogP contribution is -2.35. The normalized spacial score (nSPS) is 9.92. The van der Waals surface area contributed by atoms with E-state index in [0.717, 1.165) is 0 Å². The van der Waals surface area contributed by atoms with Crippen LogP contribution in [0.4, 0.5) is 0 Å². The molecule has 0 aromatic heterocycles. The van der Waals surface area contributed by atoms with Crippen LogP contribution >= 0.6 is 0 Å². The molecule has 0 aliphatic heterocycles. The molecule has 2 N–H and O–H groups in total. The lowest BCUT2D eigenvalue weighted by molar-refractivity contribution is 0.0924. The van der Waals surface area contributed by atoms with Crippen molar-refractivity contribution in [3.63, 3.8) is 0 Å². The molecule has 0 heterocycles. The van der Waals surface area contributed by atoms with E-state index in [4.69, 9.17) is 9.47 Å². The van der Waals surface area contributed by atoms with E-state index in [9.17, 15) is 9.59 Å². The van der Waals surface area contributed by atoms with Crippen molar-refractivity contribution in [3.05, 3.63) is 59.7 Å². The van der Waals surface area contributed by atoms with Crippen molar-refractivity contribution in [2.24, 2.45) is 0 Å². The highest BCUT2D eigenvalue weighted by atomic mass is 16.5. The van der Waals surface area contributed by atoms with Gasteiger partial charge in [0.05, 0.1) is 14.2 Å². The maximum atomic E-state index is 12.3. The van der Waals surface area contributed by atoms with Gasteiger partial charge in [-0.05, 0) is 24.3 Å². The molecule has 0 saturated heterocycles. The molecule has 0 radical (unpaired) electrons. The van der Waals surface area contributed by atoms with Gasteiger partial charge in [-0.1, -0.05) is 24.3 Å². The van der Waals surface area contributed by atoms with Gasteiger partial charge in [0.25, 0.3) is 11.8 Å². The summed E-state index contributed by atoms with van der Waals surface area (Å²) in [7, 11) is 2.98. The Labute approximate surface area is 140 Å². The largest absolute Gasteiger partial charge is 0.496 e. The standard InChI is InChI=1S/C18H20N2O4/c1-23-14-9-6-10-15(24-2)16(14)18(22)20-12-11-19-17(21)13-7-4-3-5-8-13/h3-10H,11-12H2,1-2H3,(H,19,21)(H,20,22). The highest BCUT2D eigenvalue weighted by Crippen LogP contribution is 2.27. The number of hydrogen-bond donors (Lipinski definition) is 2. The second kappa shape index (κ2) is 8.57. The van der Waals surface area contributed by atoms with Crippen LogP contribution in [0, 0.1) is 0 Å². The average molecular weight is 328 g/mol. The first-order chi connectivity index (χ1) is 11.7. The van der Waals surface area contributed by atoms with Crippen molar-refractivity contribution in [2.75, 3.05) is 27.3 Å². The second-order valence-electron chi connectivity index (χ2n) is 4.92. The van der Waals surface area contributed by atoms with E-state index in [-0.39, 0.29) is 11.8 Å². The topological polar surface area (TPSA) is 76.7 Å². The van der Waals surface area contributed by atoms with E-state index in [1.807, 2.05) is 6.07 Å². The molecule has 0 fully saturated rings. The predicted octanol–water partition coefficient (Wildman–Crippen LogP) is 1.86. The SMILES string of the molecule is COc1cccc(OC)c1C(=O)NCCNC(=O)c1ccccc1. The third kappa shape index (κ3) is 4.25. The first kappa shape index (κ1) is 17.3. The fourth-order valence-electron chi connectivity index (χ4n) is 2.21. The van der Waals surface area contributed by atoms with E-state index < -0.39 is 0 Å². The quantitative estimate of drug-likeness (QED) is 0.761. The highest BCUT2D eigenvalue weighted by Gasteiger charge is 2.17. The first-order valence-electron chi connectivity index (χ1n) is 7.49. The number of hydrogen-bond acceptors (Lipinski definition) is 4. The van der Waals surface area contributed by atoms with Crippen LogP contribution in [0.3, 0.4) is 0 Å². The Hall–Kier alpha value is -3.02. The molecule has 2 aromatic rings. The zero-order chi connectivity index (χ0) is 17.4. The van der Waals surface area contributed by atoms with Gasteiger partial charge in [0.2, 0.25) is 0 Å². The van der Waals surface area contributed by atoms with Crippen molar-refractivity contribution in [2.45, 2.75) is 0 Å². The van der Waals surface area contributed by atoms with Gasteiger partial charge in [-0.3, -0.25) is 9.59 Å². The Bertz CT molecular complexity index is 679. The minimum absolute atomic E-state index is 0.181. The van der Waals surface area contributed by atoms with Crippen molar-refractivity contribution in [1.29, 1.82) is 0 Å². The number of rotatable bonds is 7. The first-order valence-corrected chi connectivity index (χ1v) is 7.49. The molecule has 24 heavy (non-hydrogen) atoms. The van der Waals surface area contributed by atoms with E-state index in [2.05, 4.69) is 10.6 Å². The lowest BCUT2D eigenvalue weighted by Gasteiger charge is -2.13. The number of ether oxygens (including phenoxy) is 2. The van der Waals surface area contributed by atoms with Gasteiger partial charge >= 0.3 is 0 Å². The third-order valence-electron chi connectivity index (χ3n) is 3.39. The van der Waals surface area contributed by atoms with E-state index >= 15 is 0 Å². The fraction of sp³-hybridized carbons (Fsp3) is 0.222. The van der Waals surface area contributed by atoms with Gasteiger partial charge in [-0.2, -0.15) is 0 Å². The summed E-state index contributed by atoms with van der Waals surface area (Å²) < 4.78 is 10.4. The molecule has 0 aliphatic rings. The maximum Gasteiger partial charge on any atom is 0.258 e. The molecular weight excluding hydrogens is 308 g/mol. The van der Waals surface area contributed by atoms with Gasteiger partial charge in [-0.15, -0.1) is 0 Å². The van der Waals surface area contributed by atoms with E-state index in [1.54, 1.807) is 42.5 Å². The number of nitrogens with one attached hydrogen (secondary N) is 2. The Morgan fingerprint density at radius 2 is 1.33 bits per heavy atom. The van der Waals surface area contributed by atoms with Gasteiger partial charge < -0.3 is 20.1 Å². The van der Waals surface area contributed by atoms with Gasteiger partial charge in [0.1, 0.15) is 17.1 Å². The van der Waals surface area contributed by atoms with Crippen LogP contribution in [0.15, 0.2) is 48.5 Å². The Morgan fingerprint density at radius 3 is 1.88 bits per heavy atom. The molecule has 0 saturated carbocycles. The van der Waals surface area contributed by atoms with Crippen LogP contribution in [-0.4, -0.2) is 39.1 Å². The summed E-state index contributed by atoms with van der Waals surface area (Å²) >= 11 is 0. The summed E-state index contributed by atoms with van der Waals surface area (Å²) in [6.45, 7) is 0.607. The molecule has 0 aliphatic carbocycles. The lowest BCUT2D eigenvalue weighted by atomic mass is 10.1. The van der Waals surface area contributed by atoms with Gasteiger partial charge in [0.15, 0.2) is 0 Å². The van der Waals surface area contributed by atoms with E-state index in [1.165, 1.54) is 14.2 Å². The molecule has 0 spiro atoms. The third-order valence-corrected chi connectivity index (χ3v) is 3.39. The second-order valence-corrected chi connectivity index (χ2v) is 4.92. The number of carbonyl (C=O) groups is 2. The number of carbonyl (C=O) groups excluding carboxylic acids is 2. The molecule has 0 atom stereocenters. The zero-order valence-electron chi connectivity index (χ0n) is 13.7. The number of benzene rings is 2. The highest BCUT2D eigenvalue weighted by molar-refractivity contribution is 5.99. The predicted molar refractivity (Wildman–Crippen MR) is 90.7 cm³/mol. The van der Waals surface area contributed by atoms with Crippen molar-refractivity contribution < 1.29 is 19.1 Å². The molecule has 6 heteroatoms. The summed E-state index contributed by atoms with van der Waals surface area (Å²) in [4.78, 5) is 24.2. The maximum absolute atomic E-state index is 12.3. The monoisotopic (exact) mass is 328 g/mol. The molecule has 2 rings (SSSR count). The molecule has 0 bridgehead atoms. The fourth-order valence-corrected chi connectivity index (χ4v) is 2.21. The Morgan fingerprint density at radius 1 is 0.792 bits per heavy atom. The minimum atomic E-state index is -0.321. The van der Waals surface area contributed by atoms with Crippen molar-refractivity contribution in [1.82, 2.24) is 10.6 Å². The van der Waals surface area contributed by atoms with Crippen molar-refractivity contribution >= 4 is 11.8 Å². The number of methoxy groups -OCH3 is 2. The molecule has 0 unspecified atom stereocenters. The van der Waals surface area contributed by atoms with Gasteiger partial charge in [-0.25, -0.2) is 0 Å². The van der Waals surface area contributed by atoms with Crippen LogP contribution in [0.25, 0.3) is 0 Å². The smallest absolute Gasteiger partial charge is 0.258 e. The molecular formula is C18H20N2O4. The summed E-state index contributed by atoms with van der Waals surface area (Å²) in [5, 5.41) is 5.49. The zero-order valence-corrected chi connectivity index (χ0v) is 13.7. The molecule has 2 aromatic carbocycles. The van der Waals surface area contributed by atoms with Gasteiger partial charge in [0, 0.05) is 18.7 Å². The molecule has 2 amide bonds. The van der Waals surface area contributed by atoms with Crippen LogP contribution < -0.4 is 20.1 Å². The average Bonchev–Trinajstić information content (AvgIpc) is 2.64. The summed E-state index contributed by atoms with van der Waals surface area (Å²) in [6, 6.07) is 14.0. The summed E-state index contributed by atoms with van der Waals surface area (Å²) in [5.74, 6) is 0.360. The van der Waals surface area contributed by atoms with Crippen molar-refractivity contribution in [3.8, 4) is 11.5 Å². The van der Waals surface area contributed by atoms with Crippen LogP contribution in [0.1, 0.15) is 20.7 Å². The summed E-state index contributed by atoms with van der Waals surface area (Å²) in [5.41, 5.74) is 0.909. The minimum Gasteiger partial charge on any atom is -0.496 e. The Balaban J connectivity index is 1.89. The molecule has 126 valence electrons. The van der Waals surface area contributed by atoms with Crippen LogP contribution in [0.2, 0.25) is 0 Å².